The zero-order valence-corrected chi connectivity index (χ0v) is 18.3. The number of carbonyl (C=O) groups excluding carboxylic acids is 2. The minimum Gasteiger partial charge on any atom is -0.368 e. The lowest BCUT2D eigenvalue weighted by Crippen LogP contribution is -2.49. The van der Waals surface area contributed by atoms with Crippen molar-refractivity contribution in [2.45, 2.75) is 6.42 Å². The van der Waals surface area contributed by atoms with Gasteiger partial charge in [0.2, 0.25) is 5.91 Å². The van der Waals surface area contributed by atoms with Crippen LogP contribution in [0, 0.1) is 0 Å². The molecule has 3 aromatic rings. The molecule has 160 valence electrons. The van der Waals surface area contributed by atoms with Crippen LogP contribution in [0.1, 0.15) is 5.69 Å². The summed E-state index contributed by atoms with van der Waals surface area (Å²) >= 11 is 7.38. The Hall–Kier alpha value is -3.10. The molecule has 1 aromatic heterocycles. The summed E-state index contributed by atoms with van der Waals surface area (Å²) in [6.45, 7) is 2.82. The fraction of sp³-hybridized carbons (Fsp3) is 0.227. The molecule has 1 aliphatic heterocycles. The van der Waals surface area contributed by atoms with Crippen molar-refractivity contribution in [3.8, 4) is 0 Å². The van der Waals surface area contributed by atoms with Crippen LogP contribution in [-0.4, -0.2) is 48.0 Å². The van der Waals surface area contributed by atoms with Crippen molar-refractivity contribution in [1.29, 1.82) is 0 Å². The van der Waals surface area contributed by atoms with Gasteiger partial charge in [-0.05, 0) is 30.3 Å². The van der Waals surface area contributed by atoms with Crippen molar-refractivity contribution in [2.24, 2.45) is 0 Å². The summed E-state index contributed by atoms with van der Waals surface area (Å²) in [7, 11) is 0. The third kappa shape index (κ3) is 5.74. The largest absolute Gasteiger partial charge is 0.368 e. The van der Waals surface area contributed by atoms with Crippen LogP contribution in [-0.2, 0) is 11.2 Å². The van der Waals surface area contributed by atoms with Gasteiger partial charge in [-0.15, -0.1) is 11.3 Å². The molecule has 0 bridgehead atoms. The van der Waals surface area contributed by atoms with E-state index in [1.54, 1.807) is 17.5 Å². The molecule has 1 aliphatic rings. The van der Waals surface area contributed by atoms with E-state index in [0.717, 1.165) is 18.8 Å². The first-order chi connectivity index (χ1) is 15.1. The third-order valence-corrected chi connectivity index (χ3v) is 5.98. The minimum absolute atomic E-state index is 0.0383. The van der Waals surface area contributed by atoms with Gasteiger partial charge in [-0.3, -0.25) is 10.1 Å². The molecule has 1 saturated heterocycles. The lowest BCUT2D eigenvalue weighted by molar-refractivity contribution is -0.130. The molecule has 31 heavy (non-hydrogen) atoms. The number of benzene rings is 2. The molecule has 0 spiro atoms. The first-order valence-corrected chi connectivity index (χ1v) is 11.2. The van der Waals surface area contributed by atoms with Crippen molar-refractivity contribution in [3.63, 3.8) is 0 Å². The van der Waals surface area contributed by atoms with Gasteiger partial charge in [-0.2, -0.15) is 0 Å². The second kappa shape index (κ2) is 9.80. The van der Waals surface area contributed by atoms with Crippen molar-refractivity contribution in [3.05, 3.63) is 70.7 Å². The Bertz CT molecular complexity index is 1050. The molecule has 0 atom stereocenters. The predicted molar refractivity (Wildman–Crippen MR) is 125 cm³/mol. The lowest BCUT2D eigenvalue weighted by Gasteiger charge is -2.36. The van der Waals surface area contributed by atoms with Crippen LogP contribution in [0.4, 0.5) is 21.3 Å². The summed E-state index contributed by atoms with van der Waals surface area (Å²) in [5.41, 5.74) is 2.43. The number of anilines is 3. The SMILES string of the molecule is O=C(Nc1ccccc1)Nc1nc(CC(=O)N2CCN(c3cccc(Cl)c3)CC2)cs1. The predicted octanol–water partition coefficient (Wildman–Crippen LogP) is 4.33. The van der Waals surface area contributed by atoms with Gasteiger partial charge in [0.25, 0.3) is 0 Å². The fourth-order valence-electron chi connectivity index (χ4n) is 3.38. The van der Waals surface area contributed by atoms with E-state index in [2.05, 4.69) is 20.5 Å². The molecule has 4 rings (SSSR count). The van der Waals surface area contributed by atoms with E-state index in [4.69, 9.17) is 11.6 Å². The second-order valence-corrected chi connectivity index (χ2v) is 8.41. The van der Waals surface area contributed by atoms with E-state index in [-0.39, 0.29) is 18.4 Å². The highest BCUT2D eigenvalue weighted by molar-refractivity contribution is 7.14. The summed E-state index contributed by atoms with van der Waals surface area (Å²) in [6.07, 6.45) is 0.218. The molecular formula is C22H22ClN5O2S. The minimum atomic E-state index is -0.365. The van der Waals surface area contributed by atoms with Gasteiger partial charge in [0.15, 0.2) is 5.13 Å². The molecule has 1 fully saturated rings. The van der Waals surface area contributed by atoms with E-state index in [9.17, 15) is 9.59 Å². The molecule has 2 N–H and O–H groups in total. The Morgan fingerprint density at radius 1 is 1.00 bits per heavy atom. The van der Waals surface area contributed by atoms with Gasteiger partial charge in [0, 0.05) is 48.0 Å². The number of nitrogens with zero attached hydrogens (tertiary/aromatic N) is 3. The summed E-state index contributed by atoms with van der Waals surface area (Å²) < 4.78 is 0. The summed E-state index contributed by atoms with van der Waals surface area (Å²) in [6, 6.07) is 16.6. The molecule has 0 radical (unpaired) electrons. The van der Waals surface area contributed by atoms with Crippen LogP contribution < -0.4 is 15.5 Å². The molecule has 2 aromatic carbocycles. The number of nitrogens with one attached hydrogen (secondary N) is 2. The molecule has 2 heterocycles. The standard InChI is InChI=1S/C22H22ClN5O2S/c23-16-5-4-8-19(13-16)27-9-11-28(12-10-27)20(29)14-18-15-31-22(25-18)26-21(30)24-17-6-2-1-3-7-17/h1-8,13,15H,9-12,14H2,(H2,24,25,26,30). The molecule has 0 saturated carbocycles. The maximum atomic E-state index is 12.7. The van der Waals surface area contributed by atoms with Crippen molar-refractivity contribution in [1.82, 2.24) is 9.88 Å². The molecule has 7 nitrogen and oxygen atoms in total. The first kappa shape index (κ1) is 21.1. The zero-order valence-electron chi connectivity index (χ0n) is 16.8. The Morgan fingerprint density at radius 3 is 2.52 bits per heavy atom. The quantitative estimate of drug-likeness (QED) is 0.600. The monoisotopic (exact) mass is 455 g/mol. The van der Waals surface area contributed by atoms with Crippen LogP contribution in [0.3, 0.4) is 0 Å². The number of hydrogen-bond acceptors (Lipinski definition) is 5. The highest BCUT2D eigenvalue weighted by Crippen LogP contribution is 2.21. The number of aromatic nitrogens is 1. The van der Waals surface area contributed by atoms with Crippen molar-refractivity contribution < 1.29 is 9.59 Å². The highest BCUT2D eigenvalue weighted by Gasteiger charge is 2.22. The Balaban J connectivity index is 1.26. The summed E-state index contributed by atoms with van der Waals surface area (Å²) in [5.74, 6) is 0.0383. The Labute approximate surface area is 189 Å². The zero-order chi connectivity index (χ0) is 21.6. The topological polar surface area (TPSA) is 77.6 Å². The number of amides is 3. The number of carbonyl (C=O) groups is 2. The van der Waals surface area contributed by atoms with Crippen LogP contribution in [0.2, 0.25) is 5.02 Å². The first-order valence-electron chi connectivity index (χ1n) is 9.92. The van der Waals surface area contributed by atoms with Crippen molar-refractivity contribution >= 4 is 51.4 Å². The van der Waals surface area contributed by atoms with E-state index < -0.39 is 0 Å². The molecule has 0 unspecified atom stereocenters. The van der Waals surface area contributed by atoms with E-state index in [0.29, 0.717) is 34.6 Å². The number of urea groups is 1. The van der Waals surface area contributed by atoms with Crippen molar-refractivity contribution in [2.75, 3.05) is 41.7 Å². The average Bonchev–Trinajstić information content (AvgIpc) is 3.21. The van der Waals surface area contributed by atoms with Gasteiger partial charge in [-0.1, -0.05) is 35.9 Å². The maximum absolute atomic E-state index is 12.7. The summed E-state index contributed by atoms with van der Waals surface area (Å²) in [4.78, 5) is 33.2. The molecule has 9 heteroatoms. The van der Waals surface area contributed by atoms with Crippen LogP contribution in [0.5, 0.6) is 0 Å². The second-order valence-electron chi connectivity index (χ2n) is 7.11. The number of thiazole rings is 1. The lowest BCUT2D eigenvalue weighted by atomic mass is 10.2. The smallest absolute Gasteiger partial charge is 0.325 e. The number of para-hydroxylation sites is 1. The number of rotatable bonds is 5. The molecule has 3 amide bonds. The van der Waals surface area contributed by atoms with Gasteiger partial charge in [0.1, 0.15) is 0 Å². The van der Waals surface area contributed by atoms with Gasteiger partial charge >= 0.3 is 6.03 Å². The highest BCUT2D eigenvalue weighted by atomic mass is 35.5. The van der Waals surface area contributed by atoms with E-state index in [1.807, 2.05) is 47.4 Å². The van der Waals surface area contributed by atoms with Gasteiger partial charge in [0.05, 0.1) is 12.1 Å². The van der Waals surface area contributed by atoms with E-state index >= 15 is 0 Å². The number of piperazine rings is 1. The van der Waals surface area contributed by atoms with Gasteiger partial charge < -0.3 is 15.1 Å². The maximum Gasteiger partial charge on any atom is 0.325 e. The van der Waals surface area contributed by atoms with Crippen LogP contribution >= 0.6 is 22.9 Å². The molecule has 0 aliphatic carbocycles. The Morgan fingerprint density at radius 2 is 1.77 bits per heavy atom. The normalized spacial score (nSPS) is 13.7. The molecular weight excluding hydrogens is 434 g/mol. The average molecular weight is 456 g/mol. The Kier molecular flexibility index (Phi) is 6.69. The third-order valence-electron chi connectivity index (χ3n) is 4.94. The van der Waals surface area contributed by atoms with Gasteiger partial charge in [-0.25, -0.2) is 9.78 Å². The van der Waals surface area contributed by atoms with E-state index in [1.165, 1.54) is 11.3 Å². The fourth-order valence-corrected chi connectivity index (χ4v) is 4.27. The number of hydrogen-bond donors (Lipinski definition) is 2. The summed E-state index contributed by atoms with van der Waals surface area (Å²) in [5, 5.41) is 8.42. The van der Waals surface area contributed by atoms with Crippen LogP contribution in [0.15, 0.2) is 60.0 Å². The van der Waals surface area contributed by atoms with Crippen LogP contribution in [0.25, 0.3) is 0 Å². The number of halogens is 1.